The Balaban J connectivity index is 1.09. The fourth-order valence-corrected chi connectivity index (χ4v) is 6.92. The van der Waals surface area contributed by atoms with E-state index in [2.05, 4.69) is 32.4 Å². The normalized spacial score (nSPS) is 28.7. The molecule has 2 saturated heterocycles. The van der Waals surface area contributed by atoms with Gasteiger partial charge in [0.2, 0.25) is 11.8 Å². The molecule has 37 heavy (non-hydrogen) atoms. The average molecular weight is 511 g/mol. The summed E-state index contributed by atoms with van der Waals surface area (Å²) in [6.45, 7) is 1.69. The van der Waals surface area contributed by atoms with Gasteiger partial charge in [0.1, 0.15) is 5.69 Å². The van der Waals surface area contributed by atoms with Gasteiger partial charge in [-0.25, -0.2) is 9.37 Å². The summed E-state index contributed by atoms with van der Waals surface area (Å²) in [6, 6.07) is 3.98. The van der Waals surface area contributed by atoms with Crippen LogP contribution >= 0.6 is 0 Å². The van der Waals surface area contributed by atoms with Gasteiger partial charge in [-0.3, -0.25) is 14.7 Å². The molecule has 2 aliphatic carbocycles. The van der Waals surface area contributed by atoms with Gasteiger partial charge in [0, 0.05) is 41.7 Å². The minimum Gasteiger partial charge on any atom is -0.481 e. The Bertz CT molecular complexity index is 1200. The molecule has 10 heteroatoms. The van der Waals surface area contributed by atoms with Gasteiger partial charge in [0.25, 0.3) is 5.91 Å². The zero-order valence-electron chi connectivity index (χ0n) is 21.5. The molecule has 2 unspecified atom stereocenters. The van der Waals surface area contributed by atoms with Crippen molar-refractivity contribution in [3.05, 3.63) is 29.8 Å². The second-order valence-corrected chi connectivity index (χ2v) is 11.4. The number of fused-ring (bicyclic) bond motifs is 1. The van der Waals surface area contributed by atoms with Crippen molar-refractivity contribution in [2.24, 2.45) is 11.8 Å². The van der Waals surface area contributed by atoms with Gasteiger partial charge in [0.15, 0.2) is 5.82 Å². The van der Waals surface area contributed by atoms with E-state index in [0.717, 1.165) is 44.8 Å². The Morgan fingerprint density at radius 2 is 2.03 bits per heavy atom. The molecule has 2 aromatic rings. The van der Waals surface area contributed by atoms with Crippen molar-refractivity contribution in [2.75, 3.05) is 27.2 Å². The van der Waals surface area contributed by atoms with Crippen LogP contribution in [0.25, 0.3) is 11.3 Å². The maximum atomic E-state index is 14.4. The van der Waals surface area contributed by atoms with Crippen LogP contribution in [0.4, 0.5) is 4.39 Å². The minimum absolute atomic E-state index is 0.0637. The lowest BCUT2D eigenvalue weighted by molar-refractivity contribution is -0.128. The van der Waals surface area contributed by atoms with E-state index >= 15 is 0 Å². The molecule has 9 nitrogen and oxygen atoms in total. The van der Waals surface area contributed by atoms with Crippen LogP contribution in [0, 0.1) is 17.7 Å². The monoisotopic (exact) mass is 510 g/mol. The molecule has 198 valence electrons. The number of hydrogen-bond acceptors (Lipinski definition) is 6. The van der Waals surface area contributed by atoms with E-state index < -0.39 is 5.82 Å². The van der Waals surface area contributed by atoms with E-state index in [9.17, 15) is 14.0 Å². The molecule has 0 bridgehead atoms. The first-order chi connectivity index (χ1) is 17.9. The van der Waals surface area contributed by atoms with Crippen molar-refractivity contribution in [1.82, 2.24) is 30.3 Å². The van der Waals surface area contributed by atoms with Crippen molar-refractivity contribution in [1.29, 1.82) is 0 Å². The Kier molecular flexibility index (Phi) is 6.17. The van der Waals surface area contributed by atoms with Crippen LogP contribution in [-0.2, 0) is 4.79 Å². The number of ether oxygens (including phenoxy) is 1. The summed E-state index contributed by atoms with van der Waals surface area (Å²) in [5.74, 6) is 0.364. The third-order valence-electron chi connectivity index (χ3n) is 9.17. The number of aromatic amines is 1. The highest BCUT2D eigenvalue weighted by Crippen LogP contribution is 2.50. The van der Waals surface area contributed by atoms with Crippen LogP contribution in [0.5, 0.6) is 5.88 Å². The van der Waals surface area contributed by atoms with E-state index in [-0.39, 0.29) is 40.8 Å². The first-order valence-electron chi connectivity index (χ1n) is 13.4. The summed E-state index contributed by atoms with van der Waals surface area (Å²) in [6.07, 6.45) is 8.75. The van der Waals surface area contributed by atoms with E-state index in [0.29, 0.717) is 42.7 Å². The fourth-order valence-electron chi connectivity index (χ4n) is 6.92. The number of aromatic nitrogens is 3. The number of hydrogen-bond donors (Lipinski definition) is 2. The summed E-state index contributed by atoms with van der Waals surface area (Å²) < 4.78 is 19.4. The molecular weight excluding hydrogens is 475 g/mol. The van der Waals surface area contributed by atoms with Gasteiger partial charge in [-0.1, -0.05) is 0 Å². The SMILES string of the molecule is COc1cc(-c2cc(C(=O)N3CCC(C(=O)NC4CC[C@H]5[C@H](CCN5C)C4)CC34CC4)[nH]n2)c(F)cn1. The lowest BCUT2D eigenvalue weighted by atomic mass is 9.81. The molecule has 2 saturated carbocycles. The van der Waals surface area contributed by atoms with Crippen molar-refractivity contribution in [2.45, 2.75) is 69.0 Å². The lowest BCUT2D eigenvalue weighted by Crippen LogP contribution is -2.52. The van der Waals surface area contributed by atoms with Gasteiger partial charge in [-0.15, -0.1) is 0 Å². The van der Waals surface area contributed by atoms with Gasteiger partial charge < -0.3 is 19.9 Å². The predicted octanol–water partition coefficient (Wildman–Crippen LogP) is 2.99. The highest BCUT2D eigenvalue weighted by atomic mass is 19.1. The van der Waals surface area contributed by atoms with Crippen molar-refractivity contribution in [3.63, 3.8) is 0 Å². The number of rotatable bonds is 5. The molecule has 4 atom stereocenters. The molecule has 0 radical (unpaired) electrons. The summed E-state index contributed by atoms with van der Waals surface area (Å²) in [5, 5.41) is 10.3. The third kappa shape index (κ3) is 4.49. The predicted molar refractivity (Wildman–Crippen MR) is 134 cm³/mol. The molecule has 0 aromatic carbocycles. The Morgan fingerprint density at radius 1 is 1.19 bits per heavy atom. The highest BCUT2D eigenvalue weighted by Gasteiger charge is 2.55. The Hall–Kier alpha value is -3.01. The van der Waals surface area contributed by atoms with Crippen molar-refractivity contribution in [3.8, 4) is 17.1 Å². The third-order valence-corrected chi connectivity index (χ3v) is 9.17. The molecule has 4 aliphatic rings. The quantitative estimate of drug-likeness (QED) is 0.641. The average Bonchev–Trinajstić information content (AvgIpc) is 3.32. The second-order valence-electron chi connectivity index (χ2n) is 11.4. The standard InChI is InChI=1S/C27H35FN6O3/c1-33-9-5-16-11-18(3-4-23(16)33)30-25(35)17-6-10-34(27(14-17)7-8-27)26(36)22-13-21(31-32-22)19-12-24(37-2)29-15-20(19)28/h12-13,15-18,23H,3-11,14H2,1-2H3,(H,30,35)(H,31,32)/t16-,17?,18?,23+/m1/s1. The number of nitrogens with one attached hydrogen (secondary N) is 2. The Labute approximate surface area is 216 Å². The maximum Gasteiger partial charge on any atom is 0.272 e. The number of carbonyl (C=O) groups excluding carboxylic acids is 2. The number of piperidine rings is 1. The number of halogens is 1. The number of likely N-dealkylation sites (tertiary alicyclic amines) is 2. The number of methoxy groups -OCH3 is 1. The van der Waals surface area contributed by atoms with Crippen molar-refractivity contribution < 1.29 is 18.7 Å². The zero-order chi connectivity index (χ0) is 25.7. The van der Waals surface area contributed by atoms with Crippen molar-refractivity contribution >= 4 is 11.8 Å². The van der Waals surface area contributed by atoms with Gasteiger partial charge in [-0.05, 0) is 76.9 Å². The first kappa shape index (κ1) is 24.3. The van der Waals surface area contributed by atoms with E-state index in [1.807, 2.05) is 4.90 Å². The molecule has 4 fully saturated rings. The molecule has 4 heterocycles. The molecule has 6 rings (SSSR count). The maximum absolute atomic E-state index is 14.4. The van der Waals surface area contributed by atoms with Crippen LogP contribution in [-0.4, -0.2) is 81.7 Å². The lowest BCUT2D eigenvalue weighted by Gasteiger charge is -2.40. The Morgan fingerprint density at radius 3 is 2.81 bits per heavy atom. The second kappa shape index (κ2) is 9.38. The van der Waals surface area contributed by atoms with E-state index in [1.54, 1.807) is 6.07 Å². The minimum atomic E-state index is -0.537. The smallest absolute Gasteiger partial charge is 0.272 e. The molecule has 2 aromatic heterocycles. The van der Waals surface area contributed by atoms with Crippen LogP contribution in [0.3, 0.4) is 0 Å². The number of H-pyrrole nitrogens is 1. The first-order valence-corrected chi connectivity index (χ1v) is 13.4. The molecule has 2 amide bonds. The molecule has 2 aliphatic heterocycles. The largest absolute Gasteiger partial charge is 0.481 e. The summed E-state index contributed by atoms with van der Waals surface area (Å²) in [5.41, 5.74) is 0.595. The highest BCUT2D eigenvalue weighted by molar-refractivity contribution is 5.94. The number of carbonyl (C=O) groups is 2. The van der Waals surface area contributed by atoms with Gasteiger partial charge in [0.05, 0.1) is 19.0 Å². The number of pyridine rings is 1. The van der Waals surface area contributed by atoms with Crippen LogP contribution in [0.2, 0.25) is 0 Å². The molecule has 1 spiro atoms. The molecule has 2 N–H and O–H groups in total. The zero-order valence-corrected chi connectivity index (χ0v) is 21.5. The van der Waals surface area contributed by atoms with Gasteiger partial charge in [-0.2, -0.15) is 5.10 Å². The molecular formula is C27H35FN6O3. The topological polar surface area (TPSA) is 103 Å². The van der Waals surface area contributed by atoms with E-state index in [4.69, 9.17) is 4.74 Å². The van der Waals surface area contributed by atoms with Crippen LogP contribution in [0.1, 0.15) is 61.9 Å². The number of nitrogens with zero attached hydrogens (tertiary/aromatic N) is 4. The summed E-state index contributed by atoms with van der Waals surface area (Å²) in [7, 11) is 3.67. The summed E-state index contributed by atoms with van der Waals surface area (Å²) in [4.78, 5) is 34.9. The fraction of sp³-hybridized carbons (Fsp3) is 0.630. The van der Waals surface area contributed by atoms with Crippen LogP contribution < -0.4 is 10.1 Å². The number of amides is 2. The van der Waals surface area contributed by atoms with Gasteiger partial charge >= 0.3 is 0 Å². The van der Waals surface area contributed by atoms with E-state index in [1.165, 1.54) is 19.6 Å². The van der Waals surface area contributed by atoms with Crippen LogP contribution in [0.15, 0.2) is 18.3 Å². The summed E-state index contributed by atoms with van der Waals surface area (Å²) >= 11 is 0.